The summed E-state index contributed by atoms with van der Waals surface area (Å²) >= 11 is 0. The van der Waals surface area contributed by atoms with Gasteiger partial charge in [0.2, 0.25) is 0 Å². The standard InChI is InChI=1S/C14H30N4.HI/c1-11(2)8-16-14(15)17-9-13-6-5-7-18(13)10-12(3)4;/h11-13H,5-10H2,1-4H3,(H3,15,16,17);1H/t13-;/m1./s1. The van der Waals surface area contributed by atoms with E-state index in [-0.39, 0.29) is 24.0 Å². The lowest BCUT2D eigenvalue weighted by atomic mass is 10.1. The van der Waals surface area contributed by atoms with E-state index in [1.165, 1.54) is 25.9 Å². The highest BCUT2D eigenvalue weighted by atomic mass is 127. The molecule has 4 nitrogen and oxygen atoms in total. The van der Waals surface area contributed by atoms with E-state index in [2.05, 4.69) is 42.9 Å². The average Bonchev–Trinajstić information content (AvgIpc) is 2.70. The van der Waals surface area contributed by atoms with Gasteiger partial charge in [-0.25, -0.2) is 0 Å². The number of hydrogen-bond acceptors (Lipinski definition) is 2. The zero-order chi connectivity index (χ0) is 13.5. The molecule has 0 radical (unpaired) electrons. The van der Waals surface area contributed by atoms with Crippen LogP contribution in [0.1, 0.15) is 40.5 Å². The van der Waals surface area contributed by atoms with Crippen LogP contribution in [0.4, 0.5) is 0 Å². The van der Waals surface area contributed by atoms with Crippen LogP contribution in [-0.4, -0.2) is 43.1 Å². The highest BCUT2D eigenvalue weighted by molar-refractivity contribution is 14.0. The van der Waals surface area contributed by atoms with Gasteiger partial charge in [-0.2, -0.15) is 0 Å². The number of hydrogen-bond donors (Lipinski definition) is 2. The smallest absolute Gasteiger partial charge is 0.188 e. The average molecular weight is 382 g/mol. The maximum absolute atomic E-state index is 5.87. The van der Waals surface area contributed by atoms with Crippen molar-refractivity contribution in [3.8, 4) is 0 Å². The van der Waals surface area contributed by atoms with Crippen LogP contribution in [0.2, 0.25) is 0 Å². The monoisotopic (exact) mass is 382 g/mol. The van der Waals surface area contributed by atoms with Crippen LogP contribution < -0.4 is 11.1 Å². The van der Waals surface area contributed by atoms with E-state index in [0.717, 1.165) is 19.0 Å². The maximum Gasteiger partial charge on any atom is 0.188 e. The van der Waals surface area contributed by atoms with Gasteiger partial charge in [0.25, 0.3) is 0 Å². The molecule has 1 saturated heterocycles. The fourth-order valence-electron chi connectivity index (χ4n) is 2.39. The van der Waals surface area contributed by atoms with E-state index in [4.69, 9.17) is 5.73 Å². The van der Waals surface area contributed by atoms with Crippen molar-refractivity contribution in [2.75, 3.05) is 26.2 Å². The molecule has 1 fully saturated rings. The highest BCUT2D eigenvalue weighted by Gasteiger charge is 2.24. The van der Waals surface area contributed by atoms with Crippen molar-refractivity contribution in [1.29, 1.82) is 0 Å². The quantitative estimate of drug-likeness (QED) is 0.421. The third kappa shape index (κ3) is 7.97. The minimum Gasteiger partial charge on any atom is -0.370 e. The lowest BCUT2D eigenvalue weighted by molar-refractivity contribution is 0.227. The number of rotatable bonds is 6. The number of nitrogens with two attached hydrogens (primary N) is 1. The summed E-state index contributed by atoms with van der Waals surface area (Å²) in [6.07, 6.45) is 2.58. The van der Waals surface area contributed by atoms with Gasteiger partial charge < -0.3 is 11.1 Å². The van der Waals surface area contributed by atoms with Crippen LogP contribution in [0.15, 0.2) is 4.99 Å². The summed E-state index contributed by atoms with van der Waals surface area (Å²) < 4.78 is 0. The van der Waals surface area contributed by atoms with Crippen LogP contribution >= 0.6 is 24.0 Å². The molecule has 5 heteroatoms. The van der Waals surface area contributed by atoms with Crippen molar-refractivity contribution < 1.29 is 0 Å². The van der Waals surface area contributed by atoms with Crippen molar-refractivity contribution in [2.45, 2.75) is 46.6 Å². The van der Waals surface area contributed by atoms with Gasteiger partial charge in [0.1, 0.15) is 0 Å². The fraction of sp³-hybridized carbons (Fsp3) is 0.929. The predicted octanol–water partition coefficient (Wildman–Crippen LogP) is 2.29. The Kier molecular flexibility index (Phi) is 9.78. The summed E-state index contributed by atoms with van der Waals surface area (Å²) in [6.45, 7) is 13.0. The number of guanidine groups is 1. The van der Waals surface area contributed by atoms with Crippen molar-refractivity contribution in [2.24, 2.45) is 22.6 Å². The van der Waals surface area contributed by atoms with Gasteiger partial charge >= 0.3 is 0 Å². The van der Waals surface area contributed by atoms with Gasteiger partial charge in [0, 0.05) is 25.7 Å². The molecule has 1 heterocycles. The van der Waals surface area contributed by atoms with Crippen molar-refractivity contribution >= 4 is 29.9 Å². The Morgan fingerprint density at radius 3 is 2.58 bits per heavy atom. The lowest BCUT2D eigenvalue weighted by Gasteiger charge is -2.26. The summed E-state index contributed by atoms with van der Waals surface area (Å²) in [5.41, 5.74) is 5.87. The molecule has 0 spiro atoms. The third-order valence-corrected chi connectivity index (χ3v) is 3.24. The molecule has 1 atom stereocenters. The molecule has 3 N–H and O–H groups in total. The molecule has 0 saturated carbocycles. The summed E-state index contributed by atoms with van der Waals surface area (Å²) in [5, 5.41) is 3.27. The molecule has 0 aromatic rings. The Labute approximate surface area is 135 Å². The fourth-order valence-corrected chi connectivity index (χ4v) is 2.39. The first-order chi connectivity index (χ1) is 8.49. The van der Waals surface area contributed by atoms with Crippen LogP contribution in [0.5, 0.6) is 0 Å². The Morgan fingerprint density at radius 1 is 1.32 bits per heavy atom. The van der Waals surface area contributed by atoms with Gasteiger partial charge in [0.05, 0.1) is 0 Å². The summed E-state index contributed by atoms with van der Waals surface area (Å²) in [7, 11) is 0. The SMILES string of the molecule is CC(C)CN=C(N)NC[C@H]1CCCN1CC(C)C.I. The van der Waals surface area contributed by atoms with E-state index in [1.807, 2.05) is 0 Å². The maximum atomic E-state index is 5.87. The first kappa shape index (κ1) is 19.0. The Hall–Kier alpha value is -0.0400. The van der Waals surface area contributed by atoms with E-state index >= 15 is 0 Å². The summed E-state index contributed by atoms with van der Waals surface area (Å²) in [6, 6.07) is 0.625. The zero-order valence-corrected chi connectivity index (χ0v) is 15.2. The van der Waals surface area contributed by atoms with E-state index in [9.17, 15) is 0 Å². The van der Waals surface area contributed by atoms with Gasteiger partial charge in [-0.15, -0.1) is 24.0 Å². The first-order valence-electron chi connectivity index (χ1n) is 7.27. The van der Waals surface area contributed by atoms with E-state index in [1.54, 1.807) is 0 Å². The molecule has 0 amide bonds. The predicted molar refractivity (Wildman–Crippen MR) is 94.2 cm³/mol. The van der Waals surface area contributed by atoms with Crippen LogP contribution in [0, 0.1) is 11.8 Å². The first-order valence-corrected chi connectivity index (χ1v) is 7.27. The number of halogens is 1. The molecule has 0 aromatic carbocycles. The van der Waals surface area contributed by atoms with Gasteiger partial charge in [0.15, 0.2) is 5.96 Å². The zero-order valence-electron chi connectivity index (χ0n) is 12.9. The van der Waals surface area contributed by atoms with Crippen LogP contribution in [-0.2, 0) is 0 Å². The Morgan fingerprint density at radius 2 is 2.00 bits per heavy atom. The topological polar surface area (TPSA) is 53.6 Å². The van der Waals surface area contributed by atoms with Gasteiger partial charge in [-0.3, -0.25) is 9.89 Å². The minimum atomic E-state index is 0. The molecule has 0 aliphatic carbocycles. The summed E-state index contributed by atoms with van der Waals surface area (Å²) in [5.74, 6) is 1.90. The number of nitrogens with one attached hydrogen (secondary N) is 1. The Bertz CT molecular complexity index is 266. The lowest BCUT2D eigenvalue weighted by Crippen LogP contribution is -2.44. The van der Waals surface area contributed by atoms with E-state index < -0.39 is 0 Å². The molecule has 1 aliphatic heterocycles. The normalized spacial score (nSPS) is 20.9. The van der Waals surface area contributed by atoms with Gasteiger partial charge in [-0.1, -0.05) is 27.7 Å². The van der Waals surface area contributed by atoms with Gasteiger partial charge in [-0.05, 0) is 31.2 Å². The molecule has 0 aromatic heterocycles. The Balaban J connectivity index is 0.00000324. The molecule has 0 bridgehead atoms. The second-order valence-corrected chi connectivity index (χ2v) is 6.19. The number of nitrogens with zero attached hydrogens (tertiary/aromatic N) is 2. The van der Waals surface area contributed by atoms with E-state index in [0.29, 0.717) is 17.9 Å². The molecule has 1 aliphatic rings. The third-order valence-electron chi connectivity index (χ3n) is 3.24. The minimum absolute atomic E-state index is 0. The molecule has 0 unspecified atom stereocenters. The molecular formula is C14H31IN4. The second-order valence-electron chi connectivity index (χ2n) is 6.19. The van der Waals surface area contributed by atoms with Crippen LogP contribution in [0.25, 0.3) is 0 Å². The molecule has 1 rings (SSSR count). The number of aliphatic imine (C=N–C) groups is 1. The number of likely N-dealkylation sites (tertiary alicyclic amines) is 1. The molecule has 19 heavy (non-hydrogen) atoms. The summed E-state index contributed by atoms with van der Waals surface area (Å²) in [4.78, 5) is 6.91. The van der Waals surface area contributed by atoms with Crippen molar-refractivity contribution in [1.82, 2.24) is 10.2 Å². The van der Waals surface area contributed by atoms with Crippen molar-refractivity contribution in [3.05, 3.63) is 0 Å². The largest absolute Gasteiger partial charge is 0.370 e. The van der Waals surface area contributed by atoms with Crippen molar-refractivity contribution in [3.63, 3.8) is 0 Å². The molecule has 114 valence electrons. The second kappa shape index (κ2) is 9.80. The molecular weight excluding hydrogens is 351 g/mol. The highest BCUT2D eigenvalue weighted by Crippen LogP contribution is 2.17. The van der Waals surface area contributed by atoms with Crippen LogP contribution in [0.3, 0.4) is 0 Å².